The van der Waals surface area contributed by atoms with E-state index in [1.165, 1.54) is 32.0 Å². The number of carbonyl (C=O) groups is 15. The van der Waals surface area contributed by atoms with Gasteiger partial charge in [0.1, 0.15) is 37.4 Å². The number of nitrogens with one attached hydrogen (secondary N) is 7. The third kappa shape index (κ3) is 60.5. The van der Waals surface area contributed by atoms with Crippen molar-refractivity contribution in [2.24, 2.45) is 5.92 Å². The summed E-state index contributed by atoms with van der Waals surface area (Å²) >= 11 is 0. The fourth-order valence-corrected chi connectivity index (χ4v) is 11.2. The van der Waals surface area contributed by atoms with Gasteiger partial charge in [0.05, 0.1) is 51.6 Å². The number of Topliss-reactive ketones (excluding diaryl/α,β-unsaturated/α-hetero) is 1. The lowest BCUT2D eigenvalue weighted by Crippen LogP contribution is -2.54. The van der Waals surface area contributed by atoms with E-state index in [0.717, 1.165) is 141 Å². The maximum Gasteiger partial charge on any atom is 0.326 e. The van der Waals surface area contributed by atoms with Gasteiger partial charge in [0.2, 0.25) is 47.6 Å². The Morgan fingerprint density at radius 2 is 0.551 bits per heavy atom. The second-order valence-corrected chi connectivity index (χ2v) is 26.5. The van der Waals surface area contributed by atoms with Gasteiger partial charge in [-0.3, -0.25) is 62.3 Å². The predicted molar refractivity (Wildman–Crippen MR) is 386 cm³/mol. The summed E-state index contributed by atoms with van der Waals surface area (Å²) < 4.78 is 21.3. The van der Waals surface area contributed by atoms with Crippen LogP contribution in [0.1, 0.15) is 263 Å². The van der Waals surface area contributed by atoms with Gasteiger partial charge in [-0.1, -0.05) is 154 Å². The predicted octanol–water partition coefficient (Wildman–Crippen LogP) is 5.59. The zero-order valence-electron chi connectivity index (χ0n) is 62.3. The minimum absolute atomic E-state index is 0.00545. The number of aliphatic carboxylic acids is 7. The Balaban J connectivity index is 4.75. The first-order valence-electron chi connectivity index (χ1n) is 38.0. The number of hydrogen-bond donors (Lipinski definition) is 14. The molecule has 0 aromatic heterocycles. The van der Waals surface area contributed by atoms with E-state index in [-0.39, 0.29) is 104 Å². The third-order valence-electron chi connectivity index (χ3n) is 17.2. The van der Waals surface area contributed by atoms with Crippen molar-refractivity contribution in [1.82, 2.24) is 37.2 Å². The fourth-order valence-electron chi connectivity index (χ4n) is 11.2. The molecule has 0 heterocycles. The van der Waals surface area contributed by atoms with E-state index in [9.17, 15) is 102 Å². The second-order valence-electron chi connectivity index (χ2n) is 26.5. The summed E-state index contributed by atoms with van der Waals surface area (Å²) in [4.78, 5) is 195. The number of hydrogen-bond acceptors (Lipinski definition) is 20. The Hall–Kier alpha value is -8.24. The molecule has 0 spiro atoms. The van der Waals surface area contributed by atoms with Crippen LogP contribution in [0.2, 0.25) is 0 Å². The Morgan fingerprint density at radius 1 is 0.271 bits per heavy atom. The average Bonchev–Trinajstić information content (AvgIpc) is 0.854. The molecule has 14 N–H and O–H groups in total. The van der Waals surface area contributed by atoms with Crippen LogP contribution in [-0.2, 0) is 95.7 Å². The summed E-state index contributed by atoms with van der Waals surface area (Å²) in [5, 5.41) is 82.0. The highest BCUT2D eigenvalue weighted by Gasteiger charge is 2.36. The topological polar surface area (TPSA) is 536 Å². The quantitative estimate of drug-likeness (QED) is 0.0260. The van der Waals surface area contributed by atoms with Crippen LogP contribution >= 0.6 is 0 Å². The summed E-state index contributed by atoms with van der Waals surface area (Å²) in [6.07, 6.45) is 26.3. The molecule has 0 aliphatic rings. The van der Waals surface area contributed by atoms with Crippen LogP contribution in [0.3, 0.4) is 0 Å². The second kappa shape index (κ2) is 66.0. The van der Waals surface area contributed by atoms with Crippen LogP contribution in [0.15, 0.2) is 0 Å². The van der Waals surface area contributed by atoms with Crippen molar-refractivity contribution in [2.45, 2.75) is 293 Å². The van der Waals surface area contributed by atoms with Crippen molar-refractivity contribution >= 4 is 95.2 Å². The lowest BCUT2D eigenvalue weighted by Gasteiger charge is -2.25. The van der Waals surface area contributed by atoms with Crippen molar-refractivity contribution in [3.63, 3.8) is 0 Å². The normalized spacial score (nSPS) is 12.7. The molecule has 0 aliphatic heterocycles. The Bertz CT molecular complexity index is 2630. The molecule has 34 heteroatoms. The molecule has 0 aromatic rings. The number of ketones is 1. The van der Waals surface area contributed by atoms with Crippen LogP contribution in [0, 0.1) is 5.92 Å². The number of carbonyl (C=O) groups excluding carboxylic acids is 9. The molecule has 1 radical (unpaired) electrons. The standard InChI is InChI=1S/C73H122N7O27/c81-50-53(49-58(73(102)103)79-64(87)52-107-48-46-105-44-42-75-60(83)38-34-57(72(100)101)78-62(85)30-26-22-18-14-10-6-2-4-8-12-16-20-24-28-32-66(90)91)69(96)54(35-39-67(92)93)80-70(97)55(36-40-68(94)95)76-63(86)51-106-47-45-104-43-41-74-59(82)37-33-56(71(98)99)77-61(84)29-25-21-17-13-9-5-1-3-7-11-15-19-23-27-31-65(88)89/h53-58H,1-49,51-52H2,(H,74,82)(H,75,83)(H,76,86)(H,77,84)(H,78,85)(H,79,87)(H,80,97)(H,88,89)(H,90,91)(H,92,93)(H,94,95)(H,98,99)(H,100,101)(H,102,103)/t53?,54-,55-,56-,57-,58-/m0/s1. The van der Waals surface area contributed by atoms with E-state index in [2.05, 4.69) is 37.2 Å². The third-order valence-corrected chi connectivity index (χ3v) is 17.2. The molecular weight excluding hydrogens is 1410 g/mol. The van der Waals surface area contributed by atoms with Gasteiger partial charge in [-0.15, -0.1) is 0 Å². The summed E-state index contributed by atoms with van der Waals surface area (Å²) in [5.41, 5.74) is 0. The highest BCUT2D eigenvalue weighted by Crippen LogP contribution is 2.18. The first-order valence-corrected chi connectivity index (χ1v) is 38.0. The van der Waals surface area contributed by atoms with E-state index in [4.69, 9.17) is 29.2 Å². The van der Waals surface area contributed by atoms with E-state index in [1.807, 2.05) is 0 Å². The first kappa shape index (κ1) is 98.8. The van der Waals surface area contributed by atoms with Crippen LogP contribution < -0.4 is 37.2 Å². The Kier molecular flexibility index (Phi) is 60.9. The van der Waals surface area contributed by atoms with Crippen molar-refractivity contribution in [3.05, 3.63) is 0 Å². The first-order chi connectivity index (χ1) is 51.2. The Labute approximate surface area is 626 Å². The average molecular weight is 1530 g/mol. The summed E-state index contributed by atoms with van der Waals surface area (Å²) in [5.74, 6) is -16.9. The van der Waals surface area contributed by atoms with Gasteiger partial charge in [-0.05, 0) is 57.8 Å². The van der Waals surface area contributed by atoms with Gasteiger partial charge in [-0.2, -0.15) is 0 Å². The number of unbranched alkanes of at least 4 members (excludes halogenated alkanes) is 26. The van der Waals surface area contributed by atoms with Gasteiger partial charge in [0.25, 0.3) is 0 Å². The molecular formula is C73H122N7O27. The molecule has 6 atom stereocenters. The van der Waals surface area contributed by atoms with Gasteiger partial charge in [0, 0.05) is 64.5 Å². The molecule has 0 aliphatic carbocycles. The van der Waals surface area contributed by atoms with Crippen LogP contribution in [0.5, 0.6) is 0 Å². The van der Waals surface area contributed by atoms with Gasteiger partial charge in [0.15, 0.2) is 5.78 Å². The fraction of sp³-hybridized carbons (Fsp3) is 0.781. The zero-order chi connectivity index (χ0) is 79.7. The highest BCUT2D eigenvalue weighted by atomic mass is 16.5. The lowest BCUT2D eigenvalue weighted by molar-refractivity contribution is -0.143. The Morgan fingerprint density at radius 3 is 0.869 bits per heavy atom. The van der Waals surface area contributed by atoms with Crippen LogP contribution in [0.25, 0.3) is 0 Å². The number of carboxylic acids is 7. The summed E-state index contributed by atoms with van der Waals surface area (Å²) in [6.45, 7) is -2.11. The number of rotatable bonds is 76. The smallest absolute Gasteiger partial charge is 0.326 e. The number of carboxylic acid groups (broad SMARTS) is 7. The van der Waals surface area contributed by atoms with Crippen molar-refractivity contribution in [3.8, 4) is 0 Å². The van der Waals surface area contributed by atoms with Crippen molar-refractivity contribution < 1.29 is 131 Å². The SMILES string of the molecule is O=[C]C(C[C@H](NC(=O)COCCOCCNC(=O)CC[C@H](NC(=O)CCCCCCCCCCCCCCCCC(=O)O)C(=O)O)C(=O)O)C(=O)[C@H](CCC(=O)O)NC(=O)[C@H](CCC(=O)O)NC(=O)COCCOCCNC(=O)CC[C@H](NC(=O)CCCCCCCCCCCCCCCCC(=O)O)C(=O)O. The van der Waals surface area contributed by atoms with E-state index >= 15 is 0 Å². The summed E-state index contributed by atoms with van der Waals surface area (Å²) in [7, 11) is 0. The van der Waals surface area contributed by atoms with E-state index in [0.29, 0.717) is 12.8 Å². The molecule has 0 aromatic carbocycles. The van der Waals surface area contributed by atoms with Gasteiger partial charge in [-0.25, -0.2) is 14.4 Å². The van der Waals surface area contributed by atoms with E-state index in [1.54, 1.807) is 0 Å². The molecule has 0 saturated carbocycles. The van der Waals surface area contributed by atoms with Crippen molar-refractivity contribution in [1.29, 1.82) is 0 Å². The largest absolute Gasteiger partial charge is 0.481 e. The maximum absolute atomic E-state index is 13.7. The summed E-state index contributed by atoms with van der Waals surface area (Å²) in [6, 6.07) is -7.99. The van der Waals surface area contributed by atoms with Crippen LogP contribution in [-0.4, -0.2) is 227 Å². The highest BCUT2D eigenvalue weighted by molar-refractivity contribution is 6.01. The van der Waals surface area contributed by atoms with E-state index < -0.39 is 170 Å². The molecule has 107 heavy (non-hydrogen) atoms. The van der Waals surface area contributed by atoms with Crippen molar-refractivity contribution in [2.75, 3.05) is 65.9 Å². The monoisotopic (exact) mass is 1530 g/mol. The minimum atomic E-state index is -2.00. The molecule has 0 fully saturated rings. The zero-order valence-corrected chi connectivity index (χ0v) is 62.3. The molecule has 611 valence electrons. The minimum Gasteiger partial charge on any atom is -0.481 e. The maximum atomic E-state index is 13.7. The van der Waals surface area contributed by atoms with Gasteiger partial charge >= 0.3 is 41.8 Å². The lowest BCUT2D eigenvalue weighted by atomic mass is 9.90. The molecule has 1 unspecified atom stereocenters. The molecule has 7 amide bonds. The molecule has 0 saturated heterocycles. The van der Waals surface area contributed by atoms with Gasteiger partial charge < -0.3 is 91.9 Å². The number of amides is 7. The molecule has 0 bridgehead atoms. The number of ether oxygens (including phenoxy) is 4. The van der Waals surface area contributed by atoms with Crippen LogP contribution in [0.4, 0.5) is 0 Å². The molecule has 34 nitrogen and oxygen atoms in total. The molecule has 0 rings (SSSR count).